The van der Waals surface area contributed by atoms with Gasteiger partial charge in [0, 0.05) is 11.9 Å². The topological polar surface area (TPSA) is 68.3 Å². The maximum absolute atomic E-state index is 12.7. The number of aryl methyl sites for hydroxylation is 1. The van der Waals surface area contributed by atoms with E-state index >= 15 is 0 Å². The summed E-state index contributed by atoms with van der Waals surface area (Å²) in [6.45, 7) is 5.83. The molecular weight excluding hydrogens is 300 g/mol. The smallest absolute Gasteiger partial charge is 0.265 e. The minimum atomic E-state index is -3.73. The van der Waals surface area contributed by atoms with Crippen LogP contribution in [-0.4, -0.2) is 20.5 Å². The first-order valence-electron chi connectivity index (χ1n) is 6.97. The second kappa shape index (κ2) is 6.36. The van der Waals surface area contributed by atoms with Gasteiger partial charge in [0.1, 0.15) is 10.6 Å². The zero-order valence-corrected chi connectivity index (χ0v) is 13.9. The first-order chi connectivity index (χ1) is 10.3. The Hall–Kier alpha value is -2.08. The van der Waals surface area contributed by atoms with Gasteiger partial charge in [-0.05, 0) is 42.7 Å². The second-order valence-corrected chi connectivity index (χ2v) is 7.01. The highest BCUT2D eigenvalue weighted by Crippen LogP contribution is 2.29. The zero-order chi connectivity index (χ0) is 16.3. The Morgan fingerprint density at radius 1 is 1.18 bits per heavy atom. The molecule has 0 amide bonds. The van der Waals surface area contributed by atoms with Gasteiger partial charge < -0.3 is 4.74 Å². The molecule has 0 aliphatic heterocycles. The fraction of sp³-hybridized carbons (Fsp3) is 0.312. The maximum atomic E-state index is 12.7. The molecule has 0 spiro atoms. The third kappa shape index (κ3) is 3.57. The zero-order valence-electron chi connectivity index (χ0n) is 13.1. The van der Waals surface area contributed by atoms with Crippen LogP contribution < -0.4 is 9.46 Å². The quantitative estimate of drug-likeness (QED) is 0.917. The highest BCUT2D eigenvalue weighted by molar-refractivity contribution is 7.92. The van der Waals surface area contributed by atoms with Crippen LogP contribution in [0.2, 0.25) is 0 Å². The first-order valence-corrected chi connectivity index (χ1v) is 8.45. The molecule has 0 bridgehead atoms. The Kier molecular flexibility index (Phi) is 4.71. The van der Waals surface area contributed by atoms with Crippen molar-refractivity contribution >= 4 is 15.7 Å². The molecule has 1 heterocycles. The summed E-state index contributed by atoms with van der Waals surface area (Å²) < 4.78 is 33.1. The fourth-order valence-electron chi connectivity index (χ4n) is 2.08. The molecule has 0 saturated carbocycles. The molecule has 0 fully saturated rings. The van der Waals surface area contributed by atoms with Crippen molar-refractivity contribution in [1.82, 2.24) is 4.98 Å². The van der Waals surface area contributed by atoms with Crippen LogP contribution in [0, 0.1) is 6.92 Å². The van der Waals surface area contributed by atoms with E-state index in [1.165, 1.54) is 7.11 Å². The molecular formula is C16H20N2O3S. The Balaban J connectivity index is 2.46. The van der Waals surface area contributed by atoms with Crippen molar-refractivity contribution in [2.45, 2.75) is 31.6 Å². The van der Waals surface area contributed by atoms with Gasteiger partial charge in [-0.25, -0.2) is 8.42 Å². The molecule has 2 aromatic rings. The van der Waals surface area contributed by atoms with Crippen LogP contribution in [0.5, 0.6) is 5.75 Å². The van der Waals surface area contributed by atoms with Crippen molar-refractivity contribution in [3.05, 3.63) is 47.8 Å². The lowest BCUT2D eigenvalue weighted by Gasteiger charge is -2.14. The number of pyridine rings is 1. The van der Waals surface area contributed by atoms with E-state index in [1.807, 2.05) is 19.9 Å². The molecule has 118 valence electrons. The predicted molar refractivity (Wildman–Crippen MR) is 86.9 cm³/mol. The van der Waals surface area contributed by atoms with E-state index in [0.717, 1.165) is 11.3 Å². The number of sulfonamides is 1. The monoisotopic (exact) mass is 320 g/mol. The fourth-order valence-corrected chi connectivity index (χ4v) is 3.34. The Bertz CT molecular complexity index is 771. The standard InChI is InChI=1S/C16H20N2O3S/c1-11(2)13-5-6-15(21-4)16(10-13)22(19,20)18-14-7-8-17-12(3)9-14/h5-11H,1-4H3,(H,17,18). The number of aromatic nitrogens is 1. The lowest BCUT2D eigenvalue weighted by atomic mass is 10.0. The minimum Gasteiger partial charge on any atom is -0.495 e. The normalized spacial score (nSPS) is 11.5. The molecule has 1 aromatic heterocycles. The Labute approximate surface area is 131 Å². The van der Waals surface area contributed by atoms with Crippen molar-refractivity contribution in [2.75, 3.05) is 11.8 Å². The number of nitrogens with one attached hydrogen (secondary N) is 1. The van der Waals surface area contributed by atoms with Gasteiger partial charge >= 0.3 is 0 Å². The summed E-state index contributed by atoms with van der Waals surface area (Å²) in [4.78, 5) is 4.19. The maximum Gasteiger partial charge on any atom is 0.265 e. The van der Waals surface area contributed by atoms with Crippen LogP contribution >= 0.6 is 0 Å². The van der Waals surface area contributed by atoms with Gasteiger partial charge in [-0.3, -0.25) is 9.71 Å². The van der Waals surface area contributed by atoms with Crippen LogP contribution in [-0.2, 0) is 10.0 Å². The van der Waals surface area contributed by atoms with Gasteiger partial charge in [0.05, 0.1) is 12.8 Å². The third-order valence-corrected chi connectivity index (χ3v) is 4.70. The van der Waals surface area contributed by atoms with Gasteiger partial charge in [-0.15, -0.1) is 0 Å². The van der Waals surface area contributed by atoms with Gasteiger partial charge in [-0.2, -0.15) is 0 Å². The Morgan fingerprint density at radius 2 is 1.91 bits per heavy atom. The minimum absolute atomic E-state index is 0.135. The highest BCUT2D eigenvalue weighted by Gasteiger charge is 2.21. The van der Waals surface area contributed by atoms with E-state index in [9.17, 15) is 8.42 Å². The van der Waals surface area contributed by atoms with Crippen molar-refractivity contribution < 1.29 is 13.2 Å². The number of hydrogen-bond acceptors (Lipinski definition) is 4. The van der Waals surface area contributed by atoms with Gasteiger partial charge in [0.15, 0.2) is 0 Å². The lowest BCUT2D eigenvalue weighted by Crippen LogP contribution is -2.14. The summed E-state index contributed by atoms with van der Waals surface area (Å²) in [6.07, 6.45) is 1.56. The second-order valence-electron chi connectivity index (χ2n) is 5.36. The van der Waals surface area contributed by atoms with E-state index in [4.69, 9.17) is 4.74 Å². The highest BCUT2D eigenvalue weighted by atomic mass is 32.2. The van der Waals surface area contributed by atoms with Gasteiger partial charge in [-0.1, -0.05) is 19.9 Å². The molecule has 0 aliphatic rings. The van der Waals surface area contributed by atoms with Crippen LogP contribution in [0.15, 0.2) is 41.4 Å². The van der Waals surface area contributed by atoms with Crippen LogP contribution in [0.3, 0.4) is 0 Å². The van der Waals surface area contributed by atoms with Crippen molar-refractivity contribution in [3.8, 4) is 5.75 Å². The van der Waals surface area contributed by atoms with E-state index in [1.54, 1.807) is 37.4 Å². The first kappa shape index (κ1) is 16.3. The molecule has 0 atom stereocenters. The summed E-state index contributed by atoms with van der Waals surface area (Å²) >= 11 is 0. The van der Waals surface area contributed by atoms with Gasteiger partial charge in [0.25, 0.3) is 10.0 Å². The summed E-state index contributed by atoms with van der Waals surface area (Å²) in [5.74, 6) is 0.547. The molecule has 0 unspecified atom stereocenters. The molecule has 22 heavy (non-hydrogen) atoms. The van der Waals surface area contributed by atoms with E-state index < -0.39 is 10.0 Å². The average Bonchev–Trinajstić information content (AvgIpc) is 2.46. The summed E-state index contributed by atoms with van der Waals surface area (Å²) in [5.41, 5.74) is 2.15. The van der Waals surface area contributed by atoms with Crippen LogP contribution in [0.4, 0.5) is 5.69 Å². The van der Waals surface area contributed by atoms with Crippen molar-refractivity contribution in [3.63, 3.8) is 0 Å². The number of methoxy groups -OCH3 is 1. The van der Waals surface area contributed by atoms with Crippen molar-refractivity contribution in [1.29, 1.82) is 0 Å². The number of anilines is 1. The van der Waals surface area contributed by atoms with Gasteiger partial charge in [0.2, 0.25) is 0 Å². The molecule has 1 aromatic carbocycles. The summed E-state index contributed by atoms with van der Waals surface area (Å²) in [6, 6.07) is 8.50. The molecule has 2 rings (SSSR count). The SMILES string of the molecule is COc1ccc(C(C)C)cc1S(=O)(=O)Nc1ccnc(C)c1. The molecule has 0 aliphatic carbocycles. The number of benzene rings is 1. The molecule has 0 saturated heterocycles. The predicted octanol–water partition coefficient (Wildman–Crippen LogP) is 3.32. The molecule has 0 radical (unpaired) electrons. The summed E-state index contributed by atoms with van der Waals surface area (Å²) in [5, 5.41) is 0. The Morgan fingerprint density at radius 3 is 2.50 bits per heavy atom. The molecule has 1 N–H and O–H groups in total. The van der Waals surface area contributed by atoms with E-state index in [2.05, 4.69) is 9.71 Å². The average molecular weight is 320 g/mol. The molecule has 5 nitrogen and oxygen atoms in total. The lowest BCUT2D eigenvalue weighted by molar-refractivity contribution is 0.402. The molecule has 6 heteroatoms. The summed E-state index contributed by atoms with van der Waals surface area (Å²) in [7, 11) is -2.27. The van der Waals surface area contributed by atoms with Crippen LogP contribution in [0.25, 0.3) is 0 Å². The van der Waals surface area contributed by atoms with Crippen molar-refractivity contribution in [2.24, 2.45) is 0 Å². The number of rotatable bonds is 5. The third-order valence-electron chi connectivity index (χ3n) is 3.29. The number of hydrogen-bond donors (Lipinski definition) is 1. The van der Waals surface area contributed by atoms with Crippen LogP contribution in [0.1, 0.15) is 31.0 Å². The largest absolute Gasteiger partial charge is 0.495 e. The number of nitrogens with zero attached hydrogens (tertiary/aromatic N) is 1. The van der Waals surface area contributed by atoms with E-state index in [0.29, 0.717) is 11.4 Å². The number of ether oxygens (including phenoxy) is 1. The van der Waals surface area contributed by atoms with E-state index in [-0.39, 0.29) is 10.8 Å².